The van der Waals surface area contributed by atoms with Crippen LogP contribution in [-0.2, 0) is 9.84 Å². The van der Waals surface area contributed by atoms with E-state index in [2.05, 4.69) is 15.3 Å². The Kier molecular flexibility index (Phi) is 6.08. The van der Waals surface area contributed by atoms with Gasteiger partial charge in [0.05, 0.1) is 0 Å². The topological polar surface area (TPSA) is 98.2 Å². The van der Waals surface area contributed by atoms with E-state index in [1.54, 1.807) is 19.1 Å². The summed E-state index contributed by atoms with van der Waals surface area (Å²) in [6.45, 7) is 1.68. The maximum atomic E-state index is 12.7. The van der Waals surface area contributed by atoms with Crippen LogP contribution in [-0.4, -0.2) is 36.6 Å². The van der Waals surface area contributed by atoms with Crippen molar-refractivity contribution in [3.05, 3.63) is 59.4 Å². The average molecular weight is 401 g/mol. The number of rotatable bonds is 7. The predicted molar refractivity (Wildman–Crippen MR) is 106 cm³/mol. The summed E-state index contributed by atoms with van der Waals surface area (Å²) in [6.07, 6.45) is 7.19. The van der Waals surface area contributed by atoms with Gasteiger partial charge in [0, 0.05) is 29.8 Å². The summed E-state index contributed by atoms with van der Waals surface area (Å²) in [6, 6.07) is 8.62. The molecule has 2 aromatic rings. The fourth-order valence-corrected chi connectivity index (χ4v) is 3.19. The van der Waals surface area contributed by atoms with Crippen molar-refractivity contribution >= 4 is 15.7 Å². The lowest BCUT2D eigenvalue weighted by molar-refractivity contribution is 0.0943. The van der Waals surface area contributed by atoms with Crippen LogP contribution in [0.25, 0.3) is 0 Å². The molecule has 1 amide bonds. The van der Waals surface area contributed by atoms with Crippen molar-refractivity contribution in [1.29, 1.82) is 0 Å². The standard InChI is InChI=1S/C20H23N3O4S/c1-14(11-12-28(2,25)26)22-19(24)17-13-21-18(15-7-6-8-15)23-20(17)27-16-9-4-3-5-10-16/h3-5,9-15H,6-8H2,1-2H3,(H,22,24)/b12-11+/t14-/m1/s1. The number of amides is 1. The summed E-state index contributed by atoms with van der Waals surface area (Å²) >= 11 is 0. The van der Waals surface area contributed by atoms with Gasteiger partial charge in [-0.25, -0.2) is 13.4 Å². The highest BCUT2D eigenvalue weighted by Gasteiger charge is 2.25. The van der Waals surface area contributed by atoms with Crippen molar-refractivity contribution in [2.75, 3.05) is 6.26 Å². The van der Waals surface area contributed by atoms with Crippen molar-refractivity contribution in [3.63, 3.8) is 0 Å². The Bertz CT molecular complexity index is 970. The Labute approximate surface area is 164 Å². The number of nitrogens with one attached hydrogen (secondary N) is 1. The van der Waals surface area contributed by atoms with Gasteiger partial charge in [0.15, 0.2) is 9.84 Å². The highest BCUT2D eigenvalue weighted by Crippen LogP contribution is 2.35. The van der Waals surface area contributed by atoms with Gasteiger partial charge >= 0.3 is 0 Å². The van der Waals surface area contributed by atoms with Gasteiger partial charge in [-0.1, -0.05) is 30.7 Å². The molecule has 0 radical (unpaired) electrons. The molecule has 3 rings (SSSR count). The number of ether oxygens (including phenoxy) is 1. The Balaban J connectivity index is 1.83. The summed E-state index contributed by atoms with van der Waals surface area (Å²) < 4.78 is 28.3. The van der Waals surface area contributed by atoms with Crippen LogP contribution in [0.1, 0.15) is 48.3 Å². The molecule has 148 valence electrons. The van der Waals surface area contributed by atoms with E-state index in [1.807, 2.05) is 18.2 Å². The highest BCUT2D eigenvalue weighted by molar-refractivity contribution is 7.93. The van der Waals surface area contributed by atoms with Gasteiger partial charge in [0.2, 0.25) is 5.88 Å². The van der Waals surface area contributed by atoms with Gasteiger partial charge in [-0.15, -0.1) is 0 Å². The van der Waals surface area contributed by atoms with Crippen LogP contribution in [0.2, 0.25) is 0 Å². The van der Waals surface area contributed by atoms with Crippen LogP contribution < -0.4 is 10.1 Å². The first kappa shape index (κ1) is 20.0. The molecule has 1 aliphatic carbocycles. The van der Waals surface area contributed by atoms with E-state index in [1.165, 1.54) is 12.3 Å². The highest BCUT2D eigenvalue weighted by atomic mass is 32.2. The number of nitrogens with zero attached hydrogens (tertiary/aromatic N) is 2. The van der Waals surface area contributed by atoms with E-state index in [9.17, 15) is 13.2 Å². The maximum Gasteiger partial charge on any atom is 0.258 e. The number of sulfone groups is 1. The fraction of sp³-hybridized carbons (Fsp3) is 0.350. The molecule has 1 saturated carbocycles. The molecule has 0 saturated heterocycles. The monoisotopic (exact) mass is 401 g/mol. The average Bonchev–Trinajstić information content (AvgIpc) is 2.59. The summed E-state index contributed by atoms with van der Waals surface area (Å²) in [5, 5.41) is 3.79. The van der Waals surface area contributed by atoms with E-state index < -0.39 is 21.8 Å². The molecule has 0 spiro atoms. The zero-order chi connectivity index (χ0) is 20.1. The molecule has 0 aliphatic heterocycles. The molecule has 1 atom stereocenters. The zero-order valence-corrected chi connectivity index (χ0v) is 16.6. The molecule has 1 aromatic heterocycles. The fourth-order valence-electron chi connectivity index (χ4n) is 2.67. The Morgan fingerprint density at radius 1 is 1.29 bits per heavy atom. The summed E-state index contributed by atoms with van der Waals surface area (Å²) in [4.78, 5) is 21.5. The second-order valence-corrected chi connectivity index (χ2v) is 8.84. The summed E-state index contributed by atoms with van der Waals surface area (Å²) in [5.74, 6) is 1.31. The van der Waals surface area contributed by atoms with Crippen molar-refractivity contribution in [2.24, 2.45) is 0 Å². The van der Waals surface area contributed by atoms with Gasteiger partial charge in [0.1, 0.15) is 17.1 Å². The van der Waals surface area contributed by atoms with Crippen LogP contribution in [0, 0.1) is 0 Å². The number of carbonyl (C=O) groups excluding carboxylic acids is 1. The number of hydrogen-bond donors (Lipinski definition) is 1. The minimum Gasteiger partial charge on any atom is -0.438 e. The Hall–Kier alpha value is -2.74. The largest absolute Gasteiger partial charge is 0.438 e. The SMILES string of the molecule is C[C@H](/C=C/S(C)(=O)=O)NC(=O)c1cnc(C2CCC2)nc1Oc1ccccc1. The van der Waals surface area contributed by atoms with Gasteiger partial charge in [-0.3, -0.25) is 4.79 Å². The van der Waals surface area contributed by atoms with E-state index in [4.69, 9.17) is 4.74 Å². The molecule has 1 aromatic carbocycles. The third-order valence-corrected chi connectivity index (χ3v) is 5.07. The van der Waals surface area contributed by atoms with Crippen molar-refractivity contribution < 1.29 is 17.9 Å². The lowest BCUT2D eigenvalue weighted by Crippen LogP contribution is -2.32. The first-order valence-electron chi connectivity index (χ1n) is 9.11. The van der Waals surface area contributed by atoms with Crippen LogP contribution >= 0.6 is 0 Å². The molecule has 0 bridgehead atoms. The molecule has 1 heterocycles. The predicted octanol–water partition coefficient (Wildman–Crippen LogP) is 3.21. The smallest absolute Gasteiger partial charge is 0.258 e. The maximum absolute atomic E-state index is 12.7. The number of hydrogen-bond acceptors (Lipinski definition) is 6. The first-order valence-corrected chi connectivity index (χ1v) is 11.1. The van der Waals surface area contributed by atoms with Crippen LogP contribution in [0.15, 0.2) is 48.0 Å². The van der Waals surface area contributed by atoms with Gasteiger partial charge in [-0.2, -0.15) is 4.98 Å². The number of carbonyl (C=O) groups is 1. The molecular weight excluding hydrogens is 378 g/mol. The third-order valence-electron chi connectivity index (χ3n) is 4.42. The second kappa shape index (κ2) is 8.52. The summed E-state index contributed by atoms with van der Waals surface area (Å²) in [7, 11) is -3.26. The third kappa shape index (κ3) is 5.39. The van der Waals surface area contributed by atoms with E-state index in [-0.39, 0.29) is 11.4 Å². The molecule has 1 aliphatic rings. The van der Waals surface area contributed by atoms with Crippen molar-refractivity contribution in [1.82, 2.24) is 15.3 Å². The number of aromatic nitrogens is 2. The zero-order valence-electron chi connectivity index (χ0n) is 15.8. The van der Waals surface area contributed by atoms with Crippen molar-refractivity contribution in [3.8, 4) is 11.6 Å². The lowest BCUT2D eigenvalue weighted by atomic mass is 9.85. The summed E-state index contributed by atoms with van der Waals surface area (Å²) in [5.41, 5.74) is 0.200. The molecule has 7 nitrogen and oxygen atoms in total. The normalized spacial score (nSPS) is 15.8. The molecule has 1 fully saturated rings. The van der Waals surface area contributed by atoms with Crippen LogP contribution in [0.4, 0.5) is 0 Å². The number of para-hydroxylation sites is 1. The lowest BCUT2D eigenvalue weighted by Gasteiger charge is -2.24. The molecule has 8 heteroatoms. The van der Waals surface area contributed by atoms with Crippen LogP contribution in [0.5, 0.6) is 11.6 Å². The van der Waals surface area contributed by atoms with Gasteiger partial charge in [-0.05, 0) is 31.9 Å². The molecule has 1 N–H and O–H groups in total. The van der Waals surface area contributed by atoms with E-state index >= 15 is 0 Å². The quantitative estimate of drug-likeness (QED) is 0.765. The molecular formula is C20H23N3O4S. The van der Waals surface area contributed by atoms with E-state index in [0.717, 1.165) is 30.9 Å². The van der Waals surface area contributed by atoms with E-state index in [0.29, 0.717) is 17.5 Å². The minimum absolute atomic E-state index is 0.194. The van der Waals surface area contributed by atoms with Crippen molar-refractivity contribution in [2.45, 2.75) is 38.1 Å². The van der Waals surface area contributed by atoms with Gasteiger partial charge < -0.3 is 10.1 Å². The Morgan fingerprint density at radius 3 is 2.61 bits per heavy atom. The number of benzene rings is 1. The van der Waals surface area contributed by atoms with Crippen LogP contribution in [0.3, 0.4) is 0 Å². The molecule has 0 unspecified atom stereocenters. The van der Waals surface area contributed by atoms with Gasteiger partial charge in [0.25, 0.3) is 5.91 Å². The Morgan fingerprint density at radius 2 is 2.00 bits per heavy atom. The molecule has 28 heavy (non-hydrogen) atoms. The first-order chi connectivity index (χ1) is 13.3. The second-order valence-electron chi connectivity index (χ2n) is 6.91. The minimum atomic E-state index is -3.26.